The highest BCUT2D eigenvalue weighted by Crippen LogP contribution is 2.27. The van der Waals surface area contributed by atoms with Crippen LogP contribution in [0.4, 0.5) is 5.69 Å². The van der Waals surface area contributed by atoms with Crippen LogP contribution in [0.25, 0.3) is 11.4 Å². The number of anilines is 1. The fourth-order valence-electron chi connectivity index (χ4n) is 2.64. The fraction of sp³-hybridized carbons (Fsp3) is 0.200. The van der Waals surface area contributed by atoms with E-state index in [1.54, 1.807) is 25.6 Å². The average molecular weight is 395 g/mol. The number of amides is 1. The zero-order valence-electron chi connectivity index (χ0n) is 15.8. The maximum absolute atomic E-state index is 12.4. The molecule has 0 fully saturated rings. The number of allylic oxidation sites excluding steroid dienone is 1. The maximum Gasteiger partial charge on any atom is 0.234 e. The molecule has 1 amide bonds. The molecule has 3 rings (SSSR count). The molecular formula is C20H21N5O2S. The van der Waals surface area contributed by atoms with Crippen LogP contribution < -0.4 is 10.1 Å². The average Bonchev–Trinajstić information content (AvgIpc) is 3.10. The first-order valence-corrected chi connectivity index (χ1v) is 9.62. The maximum atomic E-state index is 12.4. The SMILES string of the molecule is C=CCn1c(SCC(=O)Nc2cc(C)ccc2OC)nnc1-c1ccncc1. The third-order valence-electron chi connectivity index (χ3n) is 3.93. The highest BCUT2D eigenvalue weighted by Gasteiger charge is 2.15. The van der Waals surface area contributed by atoms with Gasteiger partial charge in [0.2, 0.25) is 5.91 Å². The fourth-order valence-corrected chi connectivity index (χ4v) is 3.39. The summed E-state index contributed by atoms with van der Waals surface area (Å²) < 4.78 is 7.23. The van der Waals surface area contributed by atoms with E-state index in [2.05, 4.69) is 27.1 Å². The van der Waals surface area contributed by atoms with Gasteiger partial charge < -0.3 is 10.1 Å². The lowest BCUT2D eigenvalue weighted by Crippen LogP contribution is -2.15. The summed E-state index contributed by atoms with van der Waals surface area (Å²) in [6.45, 7) is 6.30. The Balaban J connectivity index is 1.72. The van der Waals surface area contributed by atoms with Crippen molar-refractivity contribution in [2.45, 2.75) is 18.6 Å². The van der Waals surface area contributed by atoms with Gasteiger partial charge in [-0.25, -0.2) is 0 Å². The Hall–Kier alpha value is -3.13. The first kappa shape index (κ1) is 19.6. The molecule has 3 aromatic rings. The summed E-state index contributed by atoms with van der Waals surface area (Å²) >= 11 is 1.32. The van der Waals surface area contributed by atoms with E-state index in [0.717, 1.165) is 11.1 Å². The molecule has 144 valence electrons. The Morgan fingerprint density at radius 3 is 2.79 bits per heavy atom. The number of thioether (sulfide) groups is 1. The number of ether oxygens (including phenoxy) is 1. The van der Waals surface area contributed by atoms with Crippen LogP contribution in [-0.2, 0) is 11.3 Å². The van der Waals surface area contributed by atoms with Gasteiger partial charge in [0.15, 0.2) is 11.0 Å². The van der Waals surface area contributed by atoms with Crippen molar-refractivity contribution in [1.82, 2.24) is 19.7 Å². The van der Waals surface area contributed by atoms with Crippen LogP contribution in [0.3, 0.4) is 0 Å². The van der Waals surface area contributed by atoms with Crippen LogP contribution in [-0.4, -0.2) is 38.5 Å². The highest BCUT2D eigenvalue weighted by atomic mass is 32.2. The molecule has 0 spiro atoms. The Labute approximate surface area is 167 Å². The molecule has 0 radical (unpaired) electrons. The minimum absolute atomic E-state index is 0.146. The second-order valence-electron chi connectivity index (χ2n) is 5.98. The Morgan fingerprint density at radius 1 is 1.29 bits per heavy atom. The molecule has 1 aromatic carbocycles. The first-order valence-electron chi connectivity index (χ1n) is 8.64. The molecule has 2 aromatic heterocycles. The normalized spacial score (nSPS) is 10.5. The smallest absolute Gasteiger partial charge is 0.234 e. The third-order valence-corrected chi connectivity index (χ3v) is 4.90. The zero-order valence-corrected chi connectivity index (χ0v) is 16.6. The van der Waals surface area contributed by atoms with Crippen LogP contribution in [0.5, 0.6) is 5.75 Å². The van der Waals surface area contributed by atoms with Crippen molar-refractivity contribution in [2.24, 2.45) is 0 Å². The number of hydrogen-bond acceptors (Lipinski definition) is 6. The molecule has 28 heavy (non-hydrogen) atoms. The lowest BCUT2D eigenvalue weighted by Gasteiger charge is -2.11. The topological polar surface area (TPSA) is 81.9 Å². The van der Waals surface area contributed by atoms with Gasteiger partial charge in [-0.15, -0.1) is 16.8 Å². The van der Waals surface area contributed by atoms with Crippen molar-refractivity contribution in [2.75, 3.05) is 18.2 Å². The molecule has 0 saturated carbocycles. The van der Waals surface area contributed by atoms with Gasteiger partial charge in [-0.1, -0.05) is 23.9 Å². The van der Waals surface area contributed by atoms with Crippen LogP contribution in [0, 0.1) is 6.92 Å². The number of benzene rings is 1. The van der Waals surface area contributed by atoms with Crippen molar-refractivity contribution < 1.29 is 9.53 Å². The number of rotatable bonds is 8. The number of nitrogens with zero attached hydrogens (tertiary/aromatic N) is 4. The number of pyridine rings is 1. The summed E-state index contributed by atoms with van der Waals surface area (Å²) in [5.41, 5.74) is 2.60. The Kier molecular flexibility index (Phi) is 6.44. The number of nitrogens with one attached hydrogen (secondary N) is 1. The standard InChI is InChI=1S/C20H21N5O2S/c1-4-11-25-19(15-7-9-21-10-8-15)23-24-20(25)28-13-18(26)22-16-12-14(2)5-6-17(16)27-3/h4-10,12H,1,11,13H2,2-3H3,(H,22,26). The lowest BCUT2D eigenvalue weighted by molar-refractivity contribution is -0.113. The minimum Gasteiger partial charge on any atom is -0.495 e. The van der Waals surface area contributed by atoms with Crippen molar-refractivity contribution in [3.05, 3.63) is 60.9 Å². The molecule has 2 heterocycles. The van der Waals surface area contributed by atoms with E-state index in [4.69, 9.17) is 4.74 Å². The minimum atomic E-state index is -0.146. The molecule has 0 aliphatic carbocycles. The summed E-state index contributed by atoms with van der Waals surface area (Å²) in [6, 6.07) is 9.38. The molecule has 0 unspecified atom stereocenters. The predicted octanol–water partition coefficient (Wildman–Crippen LogP) is 3.57. The summed E-state index contributed by atoms with van der Waals surface area (Å²) in [7, 11) is 1.58. The second kappa shape index (κ2) is 9.18. The monoisotopic (exact) mass is 395 g/mol. The summed E-state index contributed by atoms with van der Waals surface area (Å²) in [5, 5.41) is 12.1. The lowest BCUT2D eigenvalue weighted by atomic mass is 10.2. The second-order valence-corrected chi connectivity index (χ2v) is 6.92. The summed E-state index contributed by atoms with van der Waals surface area (Å²) in [6.07, 6.45) is 5.19. The van der Waals surface area contributed by atoms with Gasteiger partial charge in [0.25, 0.3) is 0 Å². The predicted molar refractivity (Wildman–Crippen MR) is 111 cm³/mol. The van der Waals surface area contributed by atoms with E-state index in [1.165, 1.54) is 11.8 Å². The quantitative estimate of drug-likeness (QED) is 0.464. The molecule has 0 atom stereocenters. The molecule has 8 heteroatoms. The zero-order chi connectivity index (χ0) is 19.9. The third kappa shape index (κ3) is 4.58. The van der Waals surface area contributed by atoms with E-state index in [9.17, 15) is 4.79 Å². The van der Waals surface area contributed by atoms with Crippen molar-refractivity contribution in [1.29, 1.82) is 0 Å². The van der Waals surface area contributed by atoms with Crippen LogP contribution >= 0.6 is 11.8 Å². The van der Waals surface area contributed by atoms with E-state index in [-0.39, 0.29) is 11.7 Å². The van der Waals surface area contributed by atoms with Gasteiger partial charge >= 0.3 is 0 Å². The summed E-state index contributed by atoms with van der Waals surface area (Å²) in [4.78, 5) is 16.5. The Bertz CT molecular complexity index is 972. The number of aryl methyl sites for hydroxylation is 1. The molecule has 0 aliphatic rings. The first-order chi connectivity index (χ1) is 13.6. The van der Waals surface area contributed by atoms with Crippen LogP contribution in [0.15, 0.2) is 60.5 Å². The number of aromatic nitrogens is 4. The largest absolute Gasteiger partial charge is 0.495 e. The van der Waals surface area contributed by atoms with Gasteiger partial charge in [-0.3, -0.25) is 14.3 Å². The van der Waals surface area contributed by atoms with E-state index in [1.807, 2.05) is 41.8 Å². The molecule has 0 aliphatic heterocycles. The van der Waals surface area contributed by atoms with Gasteiger partial charge in [0.05, 0.1) is 18.6 Å². The molecule has 0 saturated heterocycles. The Morgan fingerprint density at radius 2 is 2.07 bits per heavy atom. The molecule has 1 N–H and O–H groups in total. The van der Waals surface area contributed by atoms with Gasteiger partial charge in [-0.05, 0) is 36.8 Å². The van der Waals surface area contributed by atoms with Gasteiger partial charge in [0, 0.05) is 24.5 Å². The number of methoxy groups -OCH3 is 1. The van der Waals surface area contributed by atoms with Gasteiger partial charge in [-0.2, -0.15) is 0 Å². The van der Waals surface area contributed by atoms with Crippen molar-refractivity contribution >= 4 is 23.4 Å². The van der Waals surface area contributed by atoms with Crippen LogP contribution in [0.2, 0.25) is 0 Å². The molecule has 0 bridgehead atoms. The van der Waals surface area contributed by atoms with E-state index < -0.39 is 0 Å². The molecular weight excluding hydrogens is 374 g/mol. The number of carbonyl (C=O) groups is 1. The molecule has 7 nitrogen and oxygen atoms in total. The number of hydrogen-bond donors (Lipinski definition) is 1. The van der Waals surface area contributed by atoms with Crippen LogP contribution in [0.1, 0.15) is 5.56 Å². The van der Waals surface area contributed by atoms with Crippen molar-refractivity contribution in [3.63, 3.8) is 0 Å². The van der Waals surface area contributed by atoms with Gasteiger partial charge in [0.1, 0.15) is 5.75 Å². The highest BCUT2D eigenvalue weighted by molar-refractivity contribution is 7.99. The van der Waals surface area contributed by atoms with E-state index >= 15 is 0 Å². The van der Waals surface area contributed by atoms with E-state index in [0.29, 0.717) is 29.0 Å². The number of carbonyl (C=O) groups excluding carboxylic acids is 1. The van der Waals surface area contributed by atoms with Crippen molar-refractivity contribution in [3.8, 4) is 17.1 Å². The summed E-state index contributed by atoms with van der Waals surface area (Å²) in [5.74, 6) is 1.39.